The number of imidazole rings is 1. The molecule has 14 heteroatoms. The van der Waals surface area contributed by atoms with E-state index in [4.69, 9.17) is 15.9 Å². The molecule has 3 amide bonds. The summed E-state index contributed by atoms with van der Waals surface area (Å²) in [6.07, 6.45) is 2.73. The number of hydrogen-bond acceptors (Lipinski definition) is 8. The van der Waals surface area contributed by atoms with Crippen molar-refractivity contribution < 1.29 is 34.2 Å². The quantitative estimate of drug-likeness (QED) is 0.140. The minimum atomic E-state index is -1.67. The average Bonchev–Trinajstić information content (AvgIpc) is 3.26. The van der Waals surface area contributed by atoms with Gasteiger partial charge in [-0.25, -0.2) is 9.78 Å². The molecule has 0 saturated carbocycles. The summed E-state index contributed by atoms with van der Waals surface area (Å²) in [4.78, 5) is 66.6. The van der Waals surface area contributed by atoms with Crippen molar-refractivity contribution in [1.82, 2.24) is 25.9 Å². The number of aromatic nitrogens is 2. The molecule has 184 valence electrons. The molecule has 0 aromatic carbocycles. The van der Waals surface area contributed by atoms with Crippen LogP contribution in [0.1, 0.15) is 32.4 Å². The third-order valence-electron chi connectivity index (χ3n) is 4.93. The molecule has 33 heavy (non-hydrogen) atoms. The van der Waals surface area contributed by atoms with E-state index in [1.165, 1.54) is 12.5 Å². The van der Waals surface area contributed by atoms with E-state index < -0.39 is 66.2 Å². The summed E-state index contributed by atoms with van der Waals surface area (Å²) < 4.78 is 0. The van der Waals surface area contributed by atoms with E-state index in [0.29, 0.717) is 12.1 Å². The lowest BCUT2D eigenvalue weighted by Gasteiger charge is -2.27. The summed E-state index contributed by atoms with van der Waals surface area (Å²) in [5.41, 5.74) is 6.50. The standard InChI is InChI=1S/C19H30N6O7S/c1-3-9(2)15(18(30)23-12(19(31)32)5-14(26)27)25-17(29)13(7-33)24-16(28)11(20)4-10-6-21-8-22-10/h6,8-9,11-13,15,33H,3-5,7,20H2,1-2H3,(H,21,22)(H,23,30)(H,24,28)(H,25,29)(H,26,27)(H,31,32). The Morgan fingerprint density at radius 3 is 2.21 bits per heavy atom. The molecule has 0 spiro atoms. The van der Waals surface area contributed by atoms with Gasteiger partial charge in [0.25, 0.3) is 0 Å². The number of carboxylic acid groups (broad SMARTS) is 2. The second-order valence-corrected chi connectivity index (χ2v) is 7.87. The summed E-state index contributed by atoms with van der Waals surface area (Å²) in [7, 11) is 0. The van der Waals surface area contributed by atoms with Crippen LogP contribution in [0.2, 0.25) is 0 Å². The van der Waals surface area contributed by atoms with Crippen molar-refractivity contribution >= 4 is 42.3 Å². The zero-order valence-corrected chi connectivity index (χ0v) is 19.2. The van der Waals surface area contributed by atoms with Gasteiger partial charge in [-0.15, -0.1) is 0 Å². The largest absolute Gasteiger partial charge is 0.481 e. The number of aliphatic carboxylic acids is 2. The molecule has 1 heterocycles. The molecule has 1 rings (SSSR count). The van der Waals surface area contributed by atoms with Crippen LogP contribution in [0.15, 0.2) is 12.5 Å². The van der Waals surface area contributed by atoms with Crippen LogP contribution in [0, 0.1) is 5.92 Å². The van der Waals surface area contributed by atoms with Gasteiger partial charge >= 0.3 is 11.9 Å². The van der Waals surface area contributed by atoms with E-state index in [9.17, 15) is 24.0 Å². The number of nitrogens with two attached hydrogens (primary N) is 1. The zero-order chi connectivity index (χ0) is 25.1. The maximum absolute atomic E-state index is 12.8. The van der Waals surface area contributed by atoms with E-state index >= 15 is 0 Å². The van der Waals surface area contributed by atoms with Crippen molar-refractivity contribution in [3.05, 3.63) is 18.2 Å². The molecule has 0 fully saturated rings. The number of aromatic amines is 1. The van der Waals surface area contributed by atoms with Gasteiger partial charge in [-0.1, -0.05) is 20.3 Å². The third kappa shape index (κ3) is 9.10. The minimum Gasteiger partial charge on any atom is -0.481 e. The molecule has 0 saturated heterocycles. The molecule has 5 unspecified atom stereocenters. The summed E-state index contributed by atoms with van der Waals surface area (Å²) in [6.45, 7) is 3.42. The predicted molar refractivity (Wildman–Crippen MR) is 119 cm³/mol. The fourth-order valence-corrected chi connectivity index (χ4v) is 3.05. The molecule has 8 N–H and O–H groups in total. The summed E-state index contributed by atoms with van der Waals surface area (Å²) in [6, 6.07) is -4.93. The number of H-pyrrole nitrogens is 1. The molecule has 13 nitrogen and oxygen atoms in total. The van der Waals surface area contributed by atoms with Crippen LogP contribution in [0.5, 0.6) is 0 Å². The highest BCUT2D eigenvalue weighted by Crippen LogP contribution is 2.10. The molecular weight excluding hydrogens is 456 g/mol. The Balaban J connectivity index is 2.85. The van der Waals surface area contributed by atoms with Crippen molar-refractivity contribution in [2.45, 2.75) is 57.3 Å². The molecule has 0 radical (unpaired) electrons. The number of amides is 3. The van der Waals surface area contributed by atoms with Crippen molar-refractivity contribution in [3.8, 4) is 0 Å². The van der Waals surface area contributed by atoms with Crippen LogP contribution >= 0.6 is 12.6 Å². The first kappa shape index (κ1) is 27.9. The van der Waals surface area contributed by atoms with Crippen LogP contribution < -0.4 is 21.7 Å². The van der Waals surface area contributed by atoms with Crippen LogP contribution in [0.25, 0.3) is 0 Å². The molecule has 0 aliphatic carbocycles. The van der Waals surface area contributed by atoms with E-state index in [1.807, 2.05) is 0 Å². The van der Waals surface area contributed by atoms with Gasteiger partial charge in [0.05, 0.1) is 18.8 Å². The summed E-state index contributed by atoms with van der Waals surface area (Å²) in [5.74, 6) is -5.64. The number of thiol groups is 1. The average molecular weight is 487 g/mol. The highest BCUT2D eigenvalue weighted by atomic mass is 32.1. The first-order valence-corrected chi connectivity index (χ1v) is 10.8. The number of hydrogen-bond donors (Lipinski definition) is 8. The van der Waals surface area contributed by atoms with E-state index in [0.717, 1.165) is 0 Å². The van der Waals surface area contributed by atoms with Gasteiger partial charge in [-0.05, 0) is 5.92 Å². The van der Waals surface area contributed by atoms with Gasteiger partial charge in [-0.2, -0.15) is 12.6 Å². The number of rotatable bonds is 14. The smallest absolute Gasteiger partial charge is 0.326 e. The maximum atomic E-state index is 12.8. The number of carbonyl (C=O) groups is 5. The van der Waals surface area contributed by atoms with Crippen LogP contribution in [0.4, 0.5) is 0 Å². The Kier molecular flexibility index (Phi) is 11.4. The SMILES string of the molecule is CCC(C)C(NC(=O)C(CS)NC(=O)C(N)Cc1cnc[nH]1)C(=O)NC(CC(=O)O)C(=O)O. The molecule has 0 aliphatic rings. The number of carboxylic acids is 2. The first-order chi connectivity index (χ1) is 15.5. The van der Waals surface area contributed by atoms with Gasteiger partial charge < -0.3 is 36.9 Å². The Labute approximate surface area is 195 Å². The lowest BCUT2D eigenvalue weighted by molar-refractivity contribution is -0.147. The number of nitrogens with one attached hydrogen (secondary N) is 4. The van der Waals surface area contributed by atoms with Crippen molar-refractivity contribution in [2.75, 3.05) is 5.75 Å². The van der Waals surface area contributed by atoms with Gasteiger partial charge in [0.1, 0.15) is 18.1 Å². The fourth-order valence-electron chi connectivity index (χ4n) is 2.79. The van der Waals surface area contributed by atoms with Crippen LogP contribution in [-0.4, -0.2) is 79.8 Å². The van der Waals surface area contributed by atoms with E-state index in [-0.39, 0.29) is 12.2 Å². The number of nitrogens with zero attached hydrogens (tertiary/aromatic N) is 1. The zero-order valence-electron chi connectivity index (χ0n) is 18.3. The molecular formula is C19H30N6O7S. The van der Waals surface area contributed by atoms with Gasteiger partial charge in [0, 0.05) is 24.1 Å². The Hall–Kier alpha value is -3.13. The summed E-state index contributed by atoms with van der Waals surface area (Å²) in [5, 5.41) is 25.1. The minimum absolute atomic E-state index is 0.0973. The topological polar surface area (TPSA) is 217 Å². The van der Waals surface area contributed by atoms with Crippen molar-refractivity contribution in [1.29, 1.82) is 0 Å². The maximum Gasteiger partial charge on any atom is 0.326 e. The molecule has 1 aromatic heterocycles. The monoisotopic (exact) mass is 486 g/mol. The normalized spacial score (nSPS) is 15.4. The predicted octanol–water partition coefficient (Wildman–Crippen LogP) is -1.73. The van der Waals surface area contributed by atoms with E-state index in [1.54, 1.807) is 13.8 Å². The molecule has 0 bridgehead atoms. The van der Waals surface area contributed by atoms with E-state index in [2.05, 4.69) is 38.5 Å². The molecule has 5 atom stereocenters. The second-order valence-electron chi connectivity index (χ2n) is 7.50. The second kappa shape index (κ2) is 13.4. The lowest BCUT2D eigenvalue weighted by Crippen LogP contribution is -2.59. The lowest BCUT2D eigenvalue weighted by atomic mass is 9.97. The Morgan fingerprint density at radius 1 is 1.09 bits per heavy atom. The van der Waals surface area contributed by atoms with Crippen molar-refractivity contribution in [3.63, 3.8) is 0 Å². The molecule has 0 aliphatic heterocycles. The highest BCUT2D eigenvalue weighted by Gasteiger charge is 2.33. The van der Waals surface area contributed by atoms with Crippen LogP contribution in [0.3, 0.4) is 0 Å². The first-order valence-electron chi connectivity index (χ1n) is 10.2. The van der Waals surface area contributed by atoms with Gasteiger partial charge in [-0.3, -0.25) is 19.2 Å². The molecule has 1 aromatic rings. The van der Waals surface area contributed by atoms with Gasteiger partial charge in [0.15, 0.2) is 0 Å². The van der Waals surface area contributed by atoms with Crippen molar-refractivity contribution in [2.24, 2.45) is 11.7 Å². The number of carbonyl (C=O) groups excluding carboxylic acids is 3. The Bertz CT molecular complexity index is 835. The summed E-state index contributed by atoms with van der Waals surface area (Å²) >= 11 is 4.08. The fraction of sp³-hybridized carbons (Fsp3) is 0.579. The van der Waals surface area contributed by atoms with Crippen LogP contribution in [-0.2, 0) is 30.4 Å². The van der Waals surface area contributed by atoms with Gasteiger partial charge in [0.2, 0.25) is 17.7 Å². The third-order valence-corrected chi connectivity index (χ3v) is 5.30. The highest BCUT2D eigenvalue weighted by molar-refractivity contribution is 7.80. The Morgan fingerprint density at radius 2 is 1.73 bits per heavy atom.